The van der Waals surface area contributed by atoms with Gasteiger partial charge in [0.05, 0.1) is 0 Å². The molecule has 0 spiro atoms. The van der Waals surface area contributed by atoms with Gasteiger partial charge in [0.1, 0.15) is 18.2 Å². The first-order chi connectivity index (χ1) is 10.6. The highest BCUT2D eigenvalue weighted by molar-refractivity contribution is 5.76. The molecule has 1 heterocycles. The Labute approximate surface area is 137 Å². The number of benzene rings is 1. The van der Waals surface area contributed by atoms with Crippen molar-refractivity contribution in [3.63, 3.8) is 0 Å². The Morgan fingerprint density at radius 1 is 1.26 bits per heavy atom. The molecule has 1 aromatic rings. The fraction of sp³-hybridized carbons (Fsp3) is 0.556. The van der Waals surface area contributed by atoms with Crippen molar-refractivity contribution in [2.45, 2.75) is 52.2 Å². The molecule has 2 amide bonds. The number of rotatable bonds is 2. The zero-order valence-corrected chi connectivity index (χ0v) is 14.3. The number of nitrogens with zero attached hydrogens (tertiary/aromatic N) is 1. The van der Waals surface area contributed by atoms with Gasteiger partial charge in [0.15, 0.2) is 0 Å². The van der Waals surface area contributed by atoms with Crippen molar-refractivity contribution in [3.8, 4) is 0 Å². The zero-order chi connectivity index (χ0) is 17.3. The normalized spacial score (nSPS) is 27.7. The van der Waals surface area contributed by atoms with E-state index in [1.54, 1.807) is 20.8 Å². The second kappa shape index (κ2) is 6.32. The number of imide groups is 1. The summed E-state index contributed by atoms with van der Waals surface area (Å²) in [5.74, 6) is 0.149. The topological polar surface area (TPSA) is 63.6 Å². The van der Waals surface area contributed by atoms with E-state index in [-0.39, 0.29) is 18.5 Å². The largest absolute Gasteiger partial charge is 0.527 e. The molecule has 1 aromatic carbocycles. The van der Waals surface area contributed by atoms with Crippen LogP contribution in [-0.4, -0.2) is 40.0 Å². The SMILES string of the molecule is C[C@@H]1C[C@@H](Cc2ccccc2)C[N@+]1(C(=O)O)C(=O)OC(C)(C)C. The lowest BCUT2D eigenvalue weighted by Gasteiger charge is -2.31. The van der Waals surface area contributed by atoms with Crippen LogP contribution < -0.4 is 0 Å². The summed E-state index contributed by atoms with van der Waals surface area (Å²) in [6.07, 6.45) is -0.308. The van der Waals surface area contributed by atoms with Crippen LogP contribution in [0, 0.1) is 5.92 Å². The zero-order valence-electron chi connectivity index (χ0n) is 14.3. The monoisotopic (exact) mass is 320 g/mol. The second-order valence-corrected chi connectivity index (χ2v) is 7.45. The Balaban J connectivity index is 2.20. The summed E-state index contributed by atoms with van der Waals surface area (Å²) in [4.78, 5) is 24.5. The second-order valence-electron chi connectivity index (χ2n) is 7.45. The number of amides is 2. The van der Waals surface area contributed by atoms with Crippen LogP contribution in [-0.2, 0) is 11.2 Å². The number of hydrogen-bond acceptors (Lipinski definition) is 3. The molecule has 1 aliphatic rings. The van der Waals surface area contributed by atoms with Crippen LogP contribution in [0.5, 0.6) is 0 Å². The number of quaternary nitrogens is 1. The number of likely N-dealkylation sites (tertiary alicyclic amines) is 1. The molecule has 1 saturated heterocycles. The smallest absolute Gasteiger partial charge is 0.435 e. The number of carboxylic acid groups (broad SMARTS) is 1. The van der Waals surface area contributed by atoms with E-state index in [2.05, 4.69) is 0 Å². The molecule has 0 bridgehead atoms. The number of hydrogen-bond donors (Lipinski definition) is 1. The molecular formula is C18H26NO4+. The van der Waals surface area contributed by atoms with Gasteiger partial charge in [0.2, 0.25) is 0 Å². The van der Waals surface area contributed by atoms with E-state index in [1.807, 2.05) is 37.3 Å². The predicted molar refractivity (Wildman–Crippen MR) is 87.1 cm³/mol. The third kappa shape index (κ3) is 3.72. The first kappa shape index (κ1) is 17.5. The third-order valence-corrected chi connectivity index (χ3v) is 4.40. The van der Waals surface area contributed by atoms with E-state index in [4.69, 9.17) is 4.74 Å². The van der Waals surface area contributed by atoms with Gasteiger partial charge in [-0.2, -0.15) is 9.59 Å². The van der Waals surface area contributed by atoms with Crippen LogP contribution in [0.15, 0.2) is 30.3 Å². The van der Waals surface area contributed by atoms with E-state index in [0.29, 0.717) is 6.42 Å². The summed E-state index contributed by atoms with van der Waals surface area (Å²) in [5.41, 5.74) is 0.467. The quantitative estimate of drug-likeness (QED) is 0.834. The minimum absolute atomic E-state index is 0.149. The summed E-state index contributed by atoms with van der Waals surface area (Å²) in [6, 6.07) is 9.68. The van der Waals surface area contributed by atoms with Crippen molar-refractivity contribution >= 4 is 12.2 Å². The van der Waals surface area contributed by atoms with Crippen molar-refractivity contribution in [1.29, 1.82) is 0 Å². The molecule has 1 N–H and O–H groups in total. The molecular weight excluding hydrogens is 294 g/mol. The first-order valence-electron chi connectivity index (χ1n) is 8.04. The van der Waals surface area contributed by atoms with Crippen molar-refractivity contribution in [2.24, 2.45) is 5.92 Å². The van der Waals surface area contributed by atoms with E-state index >= 15 is 0 Å². The minimum atomic E-state index is -1.12. The van der Waals surface area contributed by atoms with E-state index in [9.17, 15) is 14.7 Å². The molecule has 5 heteroatoms. The summed E-state index contributed by atoms with van der Waals surface area (Å²) >= 11 is 0. The van der Waals surface area contributed by atoms with Gasteiger partial charge in [-0.05, 0) is 39.7 Å². The van der Waals surface area contributed by atoms with Crippen molar-refractivity contribution in [3.05, 3.63) is 35.9 Å². The van der Waals surface area contributed by atoms with Gasteiger partial charge < -0.3 is 9.84 Å². The van der Waals surface area contributed by atoms with E-state index < -0.39 is 22.3 Å². The molecule has 1 aliphatic heterocycles. The fourth-order valence-electron chi connectivity index (χ4n) is 3.36. The summed E-state index contributed by atoms with van der Waals surface area (Å²) in [5, 5.41) is 9.76. The van der Waals surface area contributed by atoms with Crippen LogP contribution in [0.4, 0.5) is 9.59 Å². The molecule has 3 atom stereocenters. The van der Waals surface area contributed by atoms with Gasteiger partial charge in [-0.15, -0.1) is 4.48 Å². The maximum Gasteiger partial charge on any atom is 0.527 e. The highest BCUT2D eigenvalue weighted by Gasteiger charge is 2.58. The third-order valence-electron chi connectivity index (χ3n) is 4.40. The Morgan fingerprint density at radius 3 is 2.39 bits per heavy atom. The molecule has 0 saturated carbocycles. The molecule has 0 unspecified atom stereocenters. The van der Waals surface area contributed by atoms with Crippen molar-refractivity contribution in [2.75, 3.05) is 6.54 Å². The van der Waals surface area contributed by atoms with Gasteiger partial charge in [-0.1, -0.05) is 30.3 Å². The lowest BCUT2D eigenvalue weighted by molar-refractivity contribution is -0.797. The van der Waals surface area contributed by atoms with Crippen LogP contribution in [0.1, 0.15) is 39.7 Å². The molecule has 0 aliphatic carbocycles. The average molecular weight is 320 g/mol. The highest BCUT2D eigenvalue weighted by atomic mass is 16.6. The number of ether oxygens (including phenoxy) is 1. The fourth-order valence-corrected chi connectivity index (χ4v) is 3.36. The Bertz CT molecular complexity index is 578. The predicted octanol–water partition coefficient (Wildman–Crippen LogP) is 4.07. The van der Waals surface area contributed by atoms with Gasteiger partial charge >= 0.3 is 12.2 Å². The van der Waals surface area contributed by atoms with Gasteiger partial charge in [0, 0.05) is 12.3 Å². The average Bonchev–Trinajstić information content (AvgIpc) is 2.75. The standard InChI is InChI=1S/C18H25NO4/c1-13-10-15(11-14-8-6-5-7-9-14)12-19(13,16(20)21)17(22)23-18(2,3)4/h5-9,13,15H,10-12H2,1-4H3/p+1/t13-,15+,19+/m1/s1. The molecule has 1 fully saturated rings. The molecule has 126 valence electrons. The van der Waals surface area contributed by atoms with Crippen molar-refractivity contribution in [1.82, 2.24) is 0 Å². The highest BCUT2D eigenvalue weighted by Crippen LogP contribution is 2.35. The molecule has 2 rings (SSSR count). The van der Waals surface area contributed by atoms with Crippen LogP contribution >= 0.6 is 0 Å². The lowest BCUT2D eigenvalue weighted by atomic mass is 9.97. The Kier molecular flexibility index (Phi) is 4.80. The van der Waals surface area contributed by atoms with E-state index in [1.165, 1.54) is 5.56 Å². The maximum atomic E-state index is 12.6. The number of carbonyl (C=O) groups excluding carboxylic acids is 1. The summed E-state index contributed by atoms with van der Waals surface area (Å²) in [6.45, 7) is 7.37. The summed E-state index contributed by atoms with van der Waals surface area (Å²) in [7, 11) is 0. The minimum Gasteiger partial charge on any atom is -0.435 e. The Morgan fingerprint density at radius 2 is 1.87 bits per heavy atom. The molecule has 0 radical (unpaired) electrons. The lowest BCUT2D eigenvalue weighted by Crippen LogP contribution is -2.60. The van der Waals surface area contributed by atoms with Gasteiger partial charge in [-0.3, -0.25) is 0 Å². The number of carbonyl (C=O) groups is 2. The maximum absolute atomic E-state index is 12.6. The molecule has 5 nitrogen and oxygen atoms in total. The van der Waals surface area contributed by atoms with Crippen LogP contribution in [0.3, 0.4) is 0 Å². The molecule has 0 aromatic heterocycles. The first-order valence-corrected chi connectivity index (χ1v) is 8.04. The van der Waals surface area contributed by atoms with Crippen molar-refractivity contribution < 1.29 is 23.9 Å². The van der Waals surface area contributed by atoms with Gasteiger partial charge in [-0.25, -0.2) is 0 Å². The van der Waals surface area contributed by atoms with Crippen LogP contribution in [0.2, 0.25) is 0 Å². The molecule has 23 heavy (non-hydrogen) atoms. The van der Waals surface area contributed by atoms with Crippen LogP contribution in [0.25, 0.3) is 0 Å². The Hall–Kier alpha value is -1.88. The summed E-state index contributed by atoms with van der Waals surface area (Å²) < 4.78 is 4.78. The van der Waals surface area contributed by atoms with Gasteiger partial charge in [0.25, 0.3) is 0 Å². The van der Waals surface area contributed by atoms with E-state index in [0.717, 1.165) is 6.42 Å².